The van der Waals surface area contributed by atoms with Crippen molar-refractivity contribution in [2.24, 2.45) is 0 Å². The highest BCUT2D eigenvalue weighted by molar-refractivity contribution is 5.89. The van der Waals surface area contributed by atoms with Gasteiger partial charge in [-0.15, -0.1) is 0 Å². The number of carbonyl (C=O) groups is 1. The van der Waals surface area contributed by atoms with Crippen LogP contribution in [0.1, 0.15) is 12.5 Å². The van der Waals surface area contributed by atoms with E-state index in [9.17, 15) is 4.79 Å². The summed E-state index contributed by atoms with van der Waals surface area (Å²) < 4.78 is 10.9. The van der Waals surface area contributed by atoms with E-state index in [1.54, 1.807) is 6.20 Å². The molecule has 0 unspecified atom stereocenters. The zero-order chi connectivity index (χ0) is 14.7. The minimum Gasteiger partial charge on any atom is -0.489 e. The molecular weight excluding hydrogens is 266 g/mol. The number of fused-ring (bicyclic) bond motifs is 1. The summed E-state index contributed by atoms with van der Waals surface area (Å²) in [4.78, 5) is 14.1. The lowest BCUT2D eigenvalue weighted by Crippen LogP contribution is -2.00. The van der Waals surface area contributed by atoms with Gasteiger partial charge < -0.3 is 14.5 Å². The van der Waals surface area contributed by atoms with E-state index in [4.69, 9.17) is 9.47 Å². The zero-order valence-electron chi connectivity index (χ0n) is 11.6. The van der Waals surface area contributed by atoms with Crippen molar-refractivity contribution >= 4 is 16.9 Å². The highest BCUT2D eigenvalue weighted by atomic mass is 16.5. The molecule has 1 heterocycles. The minimum atomic E-state index is -0.341. The maximum absolute atomic E-state index is 11.1. The van der Waals surface area contributed by atoms with Crippen LogP contribution in [0.15, 0.2) is 54.7 Å². The number of ether oxygens (including phenoxy) is 2. The van der Waals surface area contributed by atoms with Crippen LogP contribution < -0.4 is 9.47 Å². The van der Waals surface area contributed by atoms with Crippen LogP contribution in [0.4, 0.5) is 0 Å². The molecule has 21 heavy (non-hydrogen) atoms. The molecule has 1 N–H and O–H groups in total. The number of aromatic amines is 1. The number of hydrogen-bond donors (Lipinski definition) is 1. The Hall–Kier alpha value is -2.75. The molecule has 0 fully saturated rings. The van der Waals surface area contributed by atoms with E-state index in [-0.39, 0.29) is 5.97 Å². The van der Waals surface area contributed by atoms with Gasteiger partial charge in [0, 0.05) is 24.0 Å². The van der Waals surface area contributed by atoms with Crippen LogP contribution in [0, 0.1) is 0 Å². The predicted octanol–water partition coefficient (Wildman–Crippen LogP) is 3.67. The quantitative estimate of drug-likeness (QED) is 0.742. The van der Waals surface area contributed by atoms with Crippen LogP contribution >= 0.6 is 0 Å². The Morgan fingerprint density at radius 1 is 1.14 bits per heavy atom. The van der Waals surface area contributed by atoms with Crippen molar-refractivity contribution in [2.75, 3.05) is 0 Å². The summed E-state index contributed by atoms with van der Waals surface area (Å²) in [6.45, 7) is 1.88. The number of aromatic nitrogens is 1. The lowest BCUT2D eigenvalue weighted by molar-refractivity contribution is -0.131. The standard InChI is InChI=1S/C17H15NO3/c1-12(19)21-17-10-18-16-8-7-14(9-15(16)17)20-11-13-5-3-2-4-6-13/h2-10,18H,11H2,1H3. The van der Waals surface area contributed by atoms with Gasteiger partial charge in [-0.1, -0.05) is 30.3 Å². The molecule has 0 aliphatic carbocycles. The number of benzene rings is 2. The van der Waals surface area contributed by atoms with Crippen molar-refractivity contribution in [3.8, 4) is 11.5 Å². The number of rotatable bonds is 4. The normalized spacial score (nSPS) is 10.5. The first-order chi connectivity index (χ1) is 10.2. The van der Waals surface area contributed by atoms with Crippen molar-refractivity contribution in [1.29, 1.82) is 0 Å². The molecule has 0 radical (unpaired) electrons. The van der Waals surface area contributed by atoms with E-state index in [0.29, 0.717) is 12.4 Å². The molecule has 0 atom stereocenters. The fourth-order valence-corrected chi connectivity index (χ4v) is 2.14. The third-order valence-corrected chi connectivity index (χ3v) is 3.12. The Kier molecular flexibility index (Phi) is 3.60. The van der Waals surface area contributed by atoms with Crippen molar-refractivity contribution in [1.82, 2.24) is 4.98 Å². The largest absolute Gasteiger partial charge is 0.489 e. The van der Waals surface area contributed by atoms with Gasteiger partial charge in [-0.25, -0.2) is 0 Å². The first-order valence-corrected chi connectivity index (χ1v) is 6.68. The van der Waals surface area contributed by atoms with Gasteiger partial charge in [0.25, 0.3) is 0 Å². The predicted molar refractivity (Wildman–Crippen MR) is 80.4 cm³/mol. The molecule has 106 valence electrons. The summed E-state index contributed by atoms with van der Waals surface area (Å²) >= 11 is 0. The van der Waals surface area contributed by atoms with E-state index in [1.807, 2.05) is 48.5 Å². The van der Waals surface area contributed by atoms with Crippen LogP contribution in [0.2, 0.25) is 0 Å². The van der Waals surface area contributed by atoms with Gasteiger partial charge in [0.05, 0.1) is 0 Å². The summed E-state index contributed by atoms with van der Waals surface area (Å²) in [5.74, 6) is 0.911. The third-order valence-electron chi connectivity index (χ3n) is 3.12. The van der Waals surface area contributed by atoms with E-state index < -0.39 is 0 Å². The number of hydrogen-bond acceptors (Lipinski definition) is 3. The topological polar surface area (TPSA) is 51.3 Å². The molecule has 1 aromatic heterocycles. The Morgan fingerprint density at radius 2 is 1.95 bits per heavy atom. The molecule has 4 heteroatoms. The van der Waals surface area contributed by atoms with Gasteiger partial charge in [-0.05, 0) is 23.8 Å². The van der Waals surface area contributed by atoms with Crippen molar-refractivity contribution < 1.29 is 14.3 Å². The smallest absolute Gasteiger partial charge is 0.308 e. The fourth-order valence-electron chi connectivity index (χ4n) is 2.14. The van der Waals surface area contributed by atoms with Gasteiger partial charge in [-0.2, -0.15) is 0 Å². The van der Waals surface area contributed by atoms with Crippen molar-refractivity contribution in [3.63, 3.8) is 0 Å². The second kappa shape index (κ2) is 5.71. The molecule has 0 aliphatic heterocycles. The van der Waals surface area contributed by atoms with Gasteiger partial charge >= 0.3 is 5.97 Å². The third kappa shape index (κ3) is 3.05. The first kappa shape index (κ1) is 13.2. The zero-order valence-corrected chi connectivity index (χ0v) is 11.6. The number of carbonyl (C=O) groups excluding carboxylic acids is 1. The number of nitrogens with one attached hydrogen (secondary N) is 1. The molecule has 3 rings (SSSR count). The molecule has 0 amide bonds. The summed E-state index contributed by atoms with van der Waals surface area (Å²) in [6.07, 6.45) is 1.67. The molecule has 0 aliphatic rings. The van der Waals surface area contributed by atoms with Crippen LogP contribution in [-0.4, -0.2) is 11.0 Å². The first-order valence-electron chi connectivity index (χ1n) is 6.68. The van der Waals surface area contributed by atoms with Crippen LogP contribution in [0.5, 0.6) is 11.5 Å². The maximum atomic E-state index is 11.1. The molecule has 3 aromatic rings. The second-order valence-corrected chi connectivity index (χ2v) is 4.73. The molecule has 4 nitrogen and oxygen atoms in total. The summed E-state index contributed by atoms with van der Waals surface area (Å²) in [7, 11) is 0. The van der Waals surface area contributed by atoms with Gasteiger partial charge in [0.15, 0.2) is 5.75 Å². The van der Waals surface area contributed by atoms with E-state index >= 15 is 0 Å². The average Bonchev–Trinajstić information content (AvgIpc) is 2.88. The molecule has 0 saturated heterocycles. The fraction of sp³-hybridized carbons (Fsp3) is 0.118. The second-order valence-electron chi connectivity index (χ2n) is 4.73. The van der Waals surface area contributed by atoms with Gasteiger partial charge in [-0.3, -0.25) is 4.79 Å². The Balaban J connectivity index is 1.81. The molecule has 2 aromatic carbocycles. The SMILES string of the molecule is CC(=O)Oc1c[nH]c2ccc(OCc3ccccc3)cc12. The molecule has 0 saturated carbocycles. The Bertz CT molecular complexity index is 762. The van der Waals surface area contributed by atoms with Crippen LogP contribution in [0.3, 0.4) is 0 Å². The van der Waals surface area contributed by atoms with E-state index in [0.717, 1.165) is 22.2 Å². The Labute approximate surface area is 122 Å². The highest BCUT2D eigenvalue weighted by Crippen LogP contribution is 2.29. The summed E-state index contributed by atoms with van der Waals surface area (Å²) in [5, 5.41) is 0.829. The number of esters is 1. The molecular formula is C17H15NO3. The van der Waals surface area contributed by atoms with Crippen LogP contribution in [0.25, 0.3) is 10.9 Å². The monoisotopic (exact) mass is 281 g/mol. The van der Waals surface area contributed by atoms with Crippen molar-refractivity contribution in [3.05, 3.63) is 60.3 Å². The molecule has 0 spiro atoms. The highest BCUT2D eigenvalue weighted by Gasteiger charge is 2.08. The average molecular weight is 281 g/mol. The number of H-pyrrole nitrogens is 1. The Morgan fingerprint density at radius 3 is 2.71 bits per heavy atom. The molecule has 0 bridgehead atoms. The maximum Gasteiger partial charge on any atom is 0.308 e. The van der Waals surface area contributed by atoms with E-state index in [2.05, 4.69) is 4.98 Å². The van der Waals surface area contributed by atoms with E-state index in [1.165, 1.54) is 6.92 Å². The lowest BCUT2D eigenvalue weighted by atomic mass is 10.2. The van der Waals surface area contributed by atoms with Gasteiger partial charge in [0.2, 0.25) is 0 Å². The van der Waals surface area contributed by atoms with Crippen molar-refractivity contribution in [2.45, 2.75) is 13.5 Å². The summed E-state index contributed by atoms with van der Waals surface area (Å²) in [6, 6.07) is 15.6. The van der Waals surface area contributed by atoms with Gasteiger partial charge in [0.1, 0.15) is 12.4 Å². The summed E-state index contributed by atoms with van der Waals surface area (Å²) in [5.41, 5.74) is 2.00. The lowest BCUT2D eigenvalue weighted by Gasteiger charge is -2.07. The van der Waals surface area contributed by atoms with Crippen LogP contribution in [-0.2, 0) is 11.4 Å². The minimum absolute atomic E-state index is 0.341.